The molecule has 0 radical (unpaired) electrons. The number of Topliss-reactive ketones (excluding diaryl/α,β-unsaturated/α-hetero) is 2. The molecule has 0 bridgehead atoms. The second-order valence-corrected chi connectivity index (χ2v) is 12.8. The van der Waals surface area contributed by atoms with E-state index < -0.39 is 35.5 Å². The summed E-state index contributed by atoms with van der Waals surface area (Å²) in [7, 11) is 0. The van der Waals surface area contributed by atoms with Gasteiger partial charge in [0.15, 0.2) is 11.6 Å². The van der Waals surface area contributed by atoms with Gasteiger partial charge in [-0.25, -0.2) is 0 Å². The third-order valence-corrected chi connectivity index (χ3v) is 10.3. The number of benzene rings is 3. The number of fused-ring (bicyclic) bond motifs is 4. The van der Waals surface area contributed by atoms with Crippen molar-refractivity contribution in [1.82, 2.24) is 0 Å². The van der Waals surface area contributed by atoms with E-state index in [1.807, 2.05) is 12.1 Å². The fourth-order valence-electron chi connectivity index (χ4n) is 8.03. The molecule has 2 saturated heterocycles. The number of carbonyl (C=O) groups excluding carboxylic acids is 6. The van der Waals surface area contributed by atoms with Gasteiger partial charge in [-0.3, -0.25) is 38.6 Å². The SMILES string of the molecule is CC(=O)c1ccc(N2C(=O)C3CC=C4C(CC5C(=O)N(c6ccc(C(C)=O)cc6)C(=O)C5C4c4ccc(O)c(C)c4)C3C2=O)cc1. The molecular formula is C37H32N2O7. The van der Waals surface area contributed by atoms with Gasteiger partial charge in [-0.2, -0.15) is 0 Å². The van der Waals surface area contributed by atoms with E-state index in [0.29, 0.717) is 34.5 Å². The zero-order valence-electron chi connectivity index (χ0n) is 25.6. The van der Waals surface area contributed by atoms with Crippen molar-refractivity contribution in [1.29, 1.82) is 0 Å². The first-order valence-electron chi connectivity index (χ1n) is 15.4. The molecule has 2 aliphatic carbocycles. The fourth-order valence-corrected chi connectivity index (χ4v) is 8.03. The molecule has 9 nitrogen and oxygen atoms in total. The lowest BCUT2D eigenvalue weighted by molar-refractivity contribution is -0.126. The molecule has 3 aromatic rings. The number of aromatic hydroxyl groups is 1. The van der Waals surface area contributed by atoms with Crippen molar-refractivity contribution in [3.8, 4) is 5.75 Å². The molecule has 6 atom stereocenters. The lowest BCUT2D eigenvalue weighted by atomic mass is 9.57. The van der Waals surface area contributed by atoms with E-state index in [9.17, 15) is 33.9 Å². The quantitative estimate of drug-likeness (QED) is 0.238. The van der Waals surface area contributed by atoms with Crippen LogP contribution in [-0.4, -0.2) is 40.3 Å². The van der Waals surface area contributed by atoms with Gasteiger partial charge in [0.1, 0.15) is 5.75 Å². The fraction of sp³-hybridized carbons (Fsp3) is 0.297. The highest BCUT2D eigenvalue weighted by Gasteiger charge is 2.62. The summed E-state index contributed by atoms with van der Waals surface area (Å²) in [5.41, 5.74) is 3.93. The van der Waals surface area contributed by atoms with Gasteiger partial charge >= 0.3 is 0 Å². The Morgan fingerprint density at radius 1 is 0.674 bits per heavy atom. The van der Waals surface area contributed by atoms with Crippen molar-refractivity contribution < 1.29 is 33.9 Å². The van der Waals surface area contributed by atoms with Crippen LogP contribution in [0.15, 0.2) is 78.4 Å². The van der Waals surface area contributed by atoms with E-state index in [1.165, 1.54) is 23.6 Å². The molecule has 4 amide bonds. The van der Waals surface area contributed by atoms with Crippen molar-refractivity contribution >= 4 is 46.6 Å². The van der Waals surface area contributed by atoms with E-state index in [-0.39, 0.29) is 47.4 Å². The normalized spacial score (nSPS) is 26.9. The number of phenolic OH excluding ortho intramolecular Hbond substituents is 1. The Morgan fingerprint density at radius 3 is 1.72 bits per heavy atom. The van der Waals surface area contributed by atoms with Gasteiger partial charge in [0, 0.05) is 17.0 Å². The number of amides is 4. The Hall–Kier alpha value is -5.18. The van der Waals surface area contributed by atoms with E-state index in [2.05, 4.69) is 0 Å². The summed E-state index contributed by atoms with van der Waals surface area (Å²) >= 11 is 0. The highest BCUT2D eigenvalue weighted by Crippen LogP contribution is 2.58. The van der Waals surface area contributed by atoms with E-state index in [4.69, 9.17) is 0 Å². The zero-order chi connectivity index (χ0) is 32.6. The minimum Gasteiger partial charge on any atom is -0.508 e. The van der Waals surface area contributed by atoms with Crippen molar-refractivity contribution in [2.75, 3.05) is 9.80 Å². The molecule has 3 fully saturated rings. The minimum absolute atomic E-state index is 0.106. The van der Waals surface area contributed by atoms with Crippen molar-refractivity contribution in [2.24, 2.45) is 29.6 Å². The average Bonchev–Trinajstić information content (AvgIpc) is 3.45. The second-order valence-electron chi connectivity index (χ2n) is 12.8. The predicted molar refractivity (Wildman–Crippen MR) is 168 cm³/mol. The summed E-state index contributed by atoms with van der Waals surface area (Å²) in [6, 6.07) is 17.9. The Labute approximate surface area is 265 Å². The Morgan fingerprint density at radius 2 is 1.20 bits per heavy atom. The molecule has 0 spiro atoms. The number of nitrogens with zero attached hydrogens (tertiary/aromatic N) is 2. The Bertz CT molecular complexity index is 1890. The summed E-state index contributed by atoms with van der Waals surface area (Å²) in [5, 5.41) is 10.3. The second kappa shape index (κ2) is 10.7. The van der Waals surface area contributed by atoms with Crippen LogP contribution in [0, 0.1) is 36.5 Å². The summed E-state index contributed by atoms with van der Waals surface area (Å²) in [6.45, 7) is 4.66. The summed E-state index contributed by atoms with van der Waals surface area (Å²) < 4.78 is 0. The number of rotatable bonds is 5. The number of imide groups is 2. The van der Waals surface area contributed by atoms with E-state index in [1.54, 1.807) is 67.6 Å². The smallest absolute Gasteiger partial charge is 0.238 e. The molecule has 2 aliphatic heterocycles. The van der Waals surface area contributed by atoms with Crippen LogP contribution in [0.2, 0.25) is 0 Å². The number of ketones is 2. The third kappa shape index (κ3) is 4.36. The zero-order valence-corrected chi connectivity index (χ0v) is 25.6. The predicted octanol–water partition coefficient (Wildman–Crippen LogP) is 5.15. The average molecular weight is 617 g/mol. The molecule has 4 aliphatic rings. The third-order valence-electron chi connectivity index (χ3n) is 10.3. The summed E-state index contributed by atoms with van der Waals surface area (Å²) in [5.74, 6) is -5.39. The monoisotopic (exact) mass is 616 g/mol. The molecule has 6 unspecified atom stereocenters. The van der Waals surface area contributed by atoms with Gasteiger partial charge in [0.25, 0.3) is 0 Å². The van der Waals surface area contributed by atoms with Crippen LogP contribution in [0.1, 0.15) is 64.4 Å². The summed E-state index contributed by atoms with van der Waals surface area (Å²) in [4.78, 5) is 82.4. The molecule has 1 N–H and O–H groups in total. The standard InChI is InChI=1S/C37H32N2O7/c1-18-16-23(8-15-30(18)42)31-26-13-14-27-32(36(45)38(34(27)43)24-9-4-21(5-10-24)19(2)40)28(26)17-29-33(31)37(46)39(35(29)44)25-11-6-22(7-12-25)20(3)41/h4-13,15-16,27-29,31-33,42H,14,17H2,1-3H3. The molecule has 0 aromatic heterocycles. The maximum atomic E-state index is 14.2. The van der Waals surface area contributed by atoms with E-state index in [0.717, 1.165) is 11.1 Å². The molecule has 2 heterocycles. The Balaban J connectivity index is 1.30. The van der Waals surface area contributed by atoms with Crippen LogP contribution >= 0.6 is 0 Å². The maximum Gasteiger partial charge on any atom is 0.238 e. The first-order chi connectivity index (χ1) is 22.0. The minimum atomic E-state index is -0.745. The number of carbonyl (C=O) groups is 6. The number of phenols is 1. The lowest BCUT2D eigenvalue weighted by Crippen LogP contribution is -2.43. The van der Waals surface area contributed by atoms with Crippen LogP contribution in [-0.2, 0) is 19.2 Å². The topological polar surface area (TPSA) is 129 Å². The number of aryl methyl sites for hydroxylation is 1. The van der Waals surface area contributed by atoms with Crippen LogP contribution in [0.5, 0.6) is 5.75 Å². The van der Waals surface area contributed by atoms with Crippen LogP contribution in [0.25, 0.3) is 0 Å². The molecule has 232 valence electrons. The molecular weight excluding hydrogens is 584 g/mol. The highest BCUT2D eigenvalue weighted by molar-refractivity contribution is 6.24. The first kappa shape index (κ1) is 29.5. The van der Waals surface area contributed by atoms with Crippen LogP contribution in [0.3, 0.4) is 0 Å². The molecule has 46 heavy (non-hydrogen) atoms. The molecule has 9 heteroatoms. The van der Waals surface area contributed by atoms with Crippen LogP contribution in [0.4, 0.5) is 11.4 Å². The highest BCUT2D eigenvalue weighted by atomic mass is 16.3. The van der Waals surface area contributed by atoms with Crippen molar-refractivity contribution in [3.63, 3.8) is 0 Å². The number of anilines is 2. The van der Waals surface area contributed by atoms with Crippen molar-refractivity contribution in [3.05, 3.63) is 101 Å². The first-order valence-corrected chi connectivity index (χ1v) is 15.4. The number of hydrogen-bond donors (Lipinski definition) is 1. The Kier molecular flexibility index (Phi) is 6.88. The molecule has 7 rings (SSSR count). The van der Waals surface area contributed by atoms with Gasteiger partial charge in [-0.1, -0.05) is 23.8 Å². The maximum absolute atomic E-state index is 14.2. The molecule has 3 aromatic carbocycles. The van der Waals surface area contributed by atoms with Crippen LogP contribution < -0.4 is 9.80 Å². The number of allylic oxidation sites excluding steroid dienone is 2. The van der Waals surface area contributed by atoms with Gasteiger partial charge < -0.3 is 5.11 Å². The largest absolute Gasteiger partial charge is 0.508 e. The van der Waals surface area contributed by atoms with E-state index >= 15 is 0 Å². The summed E-state index contributed by atoms with van der Waals surface area (Å²) in [6.07, 6.45) is 2.52. The molecule has 1 saturated carbocycles. The van der Waals surface area contributed by atoms with Gasteiger partial charge in [-0.05, 0) is 105 Å². The van der Waals surface area contributed by atoms with Gasteiger partial charge in [0.05, 0.1) is 35.0 Å². The lowest BCUT2D eigenvalue weighted by Gasteiger charge is -2.44. The van der Waals surface area contributed by atoms with Crippen molar-refractivity contribution in [2.45, 2.75) is 39.5 Å². The van der Waals surface area contributed by atoms with Gasteiger partial charge in [-0.15, -0.1) is 0 Å². The number of hydrogen-bond acceptors (Lipinski definition) is 7. The van der Waals surface area contributed by atoms with Gasteiger partial charge in [0.2, 0.25) is 23.6 Å².